The molecular weight excluding hydrogens is 423 g/mol. The molecular formula is C17H16ClFN6O3S. The normalized spacial score (nSPS) is 11.6. The zero-order chi connectivity index (χ0) is 21.3. The van der Waals surface area contributed by atoms with Gasteiger partial charge in [-0.15, -0.1) is 0 Å². The van der Waals surface area contributed by atoms with Crippen LogP contribution < -0.4 is 15.8 Å². The lowest BCUT2D eigenvalue weighted by molar-refractivity contribution is 0.102. The molecule has 3 aromatic rings. The van der Waals surface area contributed by atoms with E-state index in [1.54, 1.807) is 12.1 Å². The average molecular weight is 439 g/mol. The second-order valence-corrected chi connectivity index (χ2v) is 8.35. The van der Waals surface area contributed by atoms with Crippen molar-refractivity contribution in [3.8, 4) is 0 Å². The highest BCUT2D eigenvalue weighted by Gasteiger charge is 2.21. The third kappa shape index (κ3) is 4.06. The number of hydrogen-bond donors (Lipinski definition) is 3. The molecule has 9 nitrogen and oxygen atoms in total. The Morgan fingerprint density at radius 1 is 1.21 bits per heavy atom. The van der Waals surface area contributed by atoms with Gasteiger partial charge in [-0.05, 0) is 24.3 Å². The molecule has 3 rings (SSSR count). The SMILES string of the molecule is CN(C)S(=O)(=O)Nc1ccc(F)c(NC(=O)c2cccc3c(N)ncnc23)c1Cl. The second-order valence-electron chi connectivity index (χ2n) is 6.09. The number of hydrogen-bond acceptors (Lipinski definition) is 6. The van der Waals surface area contributed by atoms with Crippen LogP contribution in [0.2, 0.25) is 5.02 Å². The first-order chi connectivity index (χ1) is 13.6. The highest BCUT2D eigenvalue weighted by atomic mass is 35.5. The van der Waals surface area contributed by atoms with E-state index in [0.717, 1.165) is 16.4 Å². The number of anilines is 3. The Labute approximate surface area is 170 Å². The van der Waals surface area contributed by atoms with Gasteiger partial charge in [0.05, 0.1) is 27.5 Å². The Balaban J connectivity index is 2.00. The van der Waals surface area contributed by atoms with Gasteiger partial charge in [0, 0.05) is 19.5 Å². The van der Waals surface area contributed by atoms with Crippen LogP contribution in [-0.2, 0) is 10.2 Å². The molecule has 0 aliphatic heterocycles. The van der Waals surface area contributed by atoms with Gasteiger partial charge in [0.15, 0.2) is 0 Å². The Morgan fingerprint density at radius 3 is 2.62 bits per heavy atom. The first-order valence-electron chi connectivity index (χ1n) is 8.10. The number of carbonyl (C=O) groups excluding carboxylic acids is 1. The standard InChI is InChI=1S/C17H16ClFN6O3S/c1-25(2)29(27,28)24-12-7-6-11(19)15(13(12)18)23-17(26)10-5-3-4-9-14(10)21-8-22-16(9)20/h3-8,24H,1-2H3,(H,23,26)(H2,20,21,22). The van der Waals surface area contributed by atoms with Crippen molar-refractivity contribution in [2.24, 2.45) is 0 Å². The zero-order valence-corrected chi connectivity index (χ0v) is 16.8. The molecule has 0 spiro atoms. The maximum atomic E-state index is 14.3. The monoisotopic (exact) mass is 438 g/mol. The van der Waals surface area contributed by atoms with Crippen LogP contribution in [0, 0.1) is 5.82 Å². The number of nitrogen functional groups attached to an aromatic ring is 1. The van der Waals surface area contributed by atoms with Gasteiger partial charge in [-0.1, -0.05) is 17.7 Å². The number of halogens is 2. The number of nitrogens with one attached hydrogen (secondary N) is 2. The van der Waals surface area contributed by atoms with E-state index in [9.17, 15) is 17.6 Å². The van der Waals surface area contributed by atoms with Crippen LogP contribution in [0.5, 0.6) is 0 Å². The van der Waals surface area contributed by atoms with Crippen LogP contribution in [0.1, 0.15) is 10.4 Å². The van der Waals surface area contributed by atoms with Crippen molar-refractivity contribution in [2.75, 3.05) is 29.9 Å². The van der Waals surface area contributed by atoms with Gasteiger partial charge >= 0.3 is 10.2 Å². The molecule has 152 valence electrons. The van der Waals surface area contributed by atoms with Crippen LogP contribution in [0.15, 0.2) is 36.7 Å². The van der Waals surface area contributed by atoms with Crippen molar-refractivity contribution in [2.45, 2.75) is 0 Å². The van der Waals surface area contributed by atoms with E-state index in [4.69, 9.17) is 17.3 Å². The van der Waals surface area contributed by atoms with Crippen molar-refractivity contribution >= 4 is 55.8 Å². The van der Waals surface area contributed by atoms with Crippen molar-refractivity contribution in [3.63, 3.8) is 0 Å². The van der Waals surface area contributed by atoms with E-state index < -0.39 is 21.9 Å². The number of fused-ring (bicyclic) bond motifs is 1. The Hall–Kier alpha value is -3.02. The fourth-order valence-corrected chi connectivity index (χ4v) is 3.38. The number of para-hydroxylation sites is 1. The molecule has 0 radical (unpaired) electrons. The van der Waals surface area contributed by atoms with Gasteiger partial charge < -0.3 is 11.1 Å². The van der Waals surface area contributed by atoms with Gasteiger partial charge in [-0.25, -0.2) is 14.4 Å². The van der Waals surface area contributed by atoms with Gasteiger partial charge in [-0.3, -0.25) is 9.52 Å². The molecule has 0 bridgehead atoms. The Morgan fingerprint density at radius 2 is 1.93 bits per heavy atom. The summed E-state index contributed by atoms with van der Waals surface area (Å²) >= 11 is 6.15. The lowest BCUT2D eigenvalue weighted by Gasteiger charge is -2.17. The second kappa shape index (κ2) is 7.78. The van der Waals surface area contributed by atoms with Crippen molar-refractivity contribution in [1.82, 2.24) is 14.3 Å². The fraction of sp³-hybridized carbons (Fsp3) is 0.118. The van der Waals surface area contributed by atoms with Crippen LogP contribution in [0.25, 0.3) is 10.9 Å². The molecule has 0 aliphatic rings. The maximum Gasteiger partial charge on any atom is 0.301 e. The topological polar surface area (TPSA) is 130 Å². The molecule has 0 aliphatic carbocycles. The highest BCUT2D eigenvalue weighted by Crippen LogP contribution is 2.34. The number of nitrogens with zero attached hydrogens (tertiary/aromatic N) is 3. The molecule has 0 unspecified atom stereocenters. The van der Waals surface area contributed by atoms with E-state index >= 15 is 0 Å². The molecule has 1 heterocycles. The number of aromatic nitrogens is 2. The third-order valence-corrected chi connectivity index (χ3v) is 5.82. The van der Waals surface area contributed by atoms with E-state index in [2.05, 4.69) is 20.0 Å². The smallest absolute Gasteiger partial charge is 0.301 e. The summed E-state index contributed by atoms with van der Waals surface area (Å²) in [5, 5.41) is 2.52. The molecule has 29 heavy (non-hydrogen) atoms. The number of nitrogens with two attached hydrogens (primary N) is 1. The fourth-order valence-electron chi connectivity index (χ4n) is 2.45. The number of amides is 1. The van der Waals surface area contributed by atoms with Gasteiger partial charge in [-0.2, -0.15) is 12.7 Å². The van der Waals surface area contributed by atoms with E-state index in [-0.39, 0.29) is 33.3 Å². The van der Waals surface area contributed by atoms with Gasteiger partial charge in [0.25, 0.3) is 5.91 Å². The van der Waals surface area contributed by atoms with Gasteiger partial charge in [0.1, 0.15) is 18.0 Å². The van der Waals surface area contributed by atoms with Crippen molar-refractivity contribution < 1.29 is 17.6 Å². The first-order valence-corrected chi connectivity index (χ1v) is 9.92. The lowest BCUT2D eigenvalue weighted by atomic mass is 10.1. The summed E-state index contributed by atoms with van der Waals surface area (Å²) in [6.07, 6.45) is 1.21. The summed E-state index contributed by atoms with van der Waals surface area (Å²) in [6, 6.07) is 6.84. The minimum Gasteiger partial charge on any atom is -0.383 e. The van der Waals surface area contributed by atoms with Crippen LogP contribution >= 0.6 is 11.6 Å². The van der Waals surface area contributed by atoms with E-state index in [1.807, 2.05) is 0 Å². The summed E-state index contributed by atoms with van der Waals surface area (Å²) in [6.45, 7) is 0. The predicted octanol–water partition coefficient (Wildman–Crippen LogP) is 2.48. The maximum absolute atomic E-state index is 14.3. The summed E-state index contributed by atoms with van der Waals surface area (Å²) in [7, 11) is -1.25. The average Bonchev–Trinajstić information content (AvgIpc) is 2.67. The van der Waals surface area contributed by atoms with Crippen molar-refractivity contribution in [1.29, 1.82) is 0 Å². The minimum atomic E-state index is -3.88. The molecule has 1 aromatic heterocycles. The molecule has 0 saturated carbocycles. The summed E-state index contributed by atoms with van der Waals surface area (Å²) in [4.78, 5) is 20.7. The molecule has 0 fully saturated rings. The Bertz CT molecular complexity index is 1220. The summed E-state index contributed by atoms with van der Waals surface area (Å²) < 4.78 is 41.5. The number of carbonyl (C=O) groups is 1. The largest absolute Gasteiger partial charge is 0.383 e. The summed E-state index contributed by atoms with van der Waals surface area (Å²) in [5.41, 5.74) is 5.71. The lowest BCUT2D eigenvalue weighted by Crippen LogP contribution is -2.29. The third-order valence-electron chi connectivity index (χ3n) is 3.99. The van der Waals surface area contributed by atoms with Crippen LogP contribution in [-0.4, -0.2) is 42.7 Å². The van der Waals surface area contributed by atoms with E-state index in [1.165, 1.54) is 26.5 Å². The predicted molar refractivity (Wildman–Crippen MR) is 110 cm³/mol. The van der Waals surface area contributed by atoms with Gasteiger partial charge in [0.2, 0.25) is 0 Å². The zero-order valence-electron chi connectivity index (χ0n) is 15.3. The van der Waals surface area contributed by atoms with Crippen molar-refractivity contribution in [3.05, 3.63) is 53.1 Å². The molecule has 0 saturated heterocycles. The molecule has 0 atom stereocenters. The highest BCUT2D eigenvalue weighted by molar-refractivity contribution is 7.90. The molecule has 2 aromatic carbocycles. The summed E-state index contributed by atoms with van der Waals surface area (Å²) in [5.74, 6) is -1.36. The van der Waals surface area contributed by atoms with E-state index in [0.29, 0.717) is 5.39 Å². The molecule has 1 amide bonds. The Kier molecular flexibility index (Phi) is 5.55. The first kappa shape index (κ1) is 20.7. The van der Waals surface area contributed by atoms with Crippen LogP contribution in [0.4, 0.5) is 21.6 Å². The molecule has 4 N–H and O–H groups in total. The quantitative estimate of drug-likeness (QED) is 0.561. The minimum absolute atomic E-state index is 0.0958. The van der Waals surface area contributed by atoms with Crippen LogP contribution in [0.3, 0.4) is 0 Å². The number of rotatable bonds is 5. The number of benzene rings is 2. The molecule has 12 heteroatoms.